The van der Waals surface area contributed by atoms with Gasteiger partial charge in [-0.3, -0.25) is 4.79 Å². The summed E-state index contributed by atoms with van der Waals surface area (Å²) in [7, 11) is 0. The summed E-state index contributed by atoms with van der Waals surface area (Å²) in [5.41, 5.74) is 1.90. The summed E-state index contributed by atoms with van der Waals surface area (Å²) in [6.45, 7) is 5.99. The molecule has 6 nitrogen and oxygen atoms in total. The van der Waals surface area contributed by atoms with Crippen LogP contribution in [-0.4, -0.2) is 49.6 Å². The molecular formula is C20H30N4O2. The summed E-state index contributed by atoms with van der Waals surface area (Å²) < 4.78 is 0. The largest absolute Gasteiger partial charge is 0.355 e. The number of hydrogen-bond donors (Lipinski definition) is 3. The third kappa shape index (κ3) is 5.21. The topological polar surface area (TPSA) is 73.5 Å². The van der Waals surface area contributed by atoms with Crippen molar-refractivity contribution in [1.82, 2.24) is 15.5 Å². The summed E-state index contributed by atoms with van der Waals surface area (Å²) in [6, 6.07) is 7.64. The van der Waals surface area contributed by atoms with Crippen molar-refractivity contribution in [2.45, 2.75) is 32.6 Å². The van der Waals surface area contributed by atoms with Crippen molar-refractivity contribution >= 4 is 17.6 Å². The number of rotatable bonds is 4. The van der Waals surface area contributed by atoms with E-state index in [9.17, 15) is 9.59 Å². The van der Waals surface area contributed by atoms with E-state index in [1.807, 2.05) is 31.2 Å². The quantitative estimate of drug-likeness (QED) is 0.774. The van der Waals surface area contributed by atoms with Crippen molar-refractivity contribution in [1.29, 1.82) is 0 Å². The molecule has 3 amide bonds. The van der Waals surface area contributed by atoms with E-state index in [0.29, 0.717) is 19.0 Å². The number of benzene rings is 1. The van der Waals surface area contributed by atoms with Crippen molar-refractivity contribution in [2.75, 3.05) is 38.0 Å². The molecule has 0 spiro atoms. The Morgan fingerprint density at radius 2 is 2.15 bits per heavy atom. The Labute approximate surface area is 155 Å². The van der Waals surface area contributed by atoms with Gasteiger partial charge in [0.2, 0.25) is 5.91 Å². The fourth-order valence-corrected chi connectivity index (χ4v) is 3.79. The molecule has 2 atom stereocenters. The fourth-order valence-electron chi connectivity index (χ4n) is 3.79. The minimum absolute atomic E-state index is 0.0867. The molecule has 1 aromatic rings. The number of urea groups is 1. The Morgan fingerprint density at radius 1 is 1.27 bits per heavy atom. The first kappa shape index (κ1) is 18.7. The number of piperidine rings is 2. The van der Waals surface area contributed by atoms with Crippen LogP contribution in [0, 0.1) is 18.8 Å². The van der Waals surface area contributed by atoms with Crippen LogP contribution >= 0.6 is 0 Å². The lowest BCUT2D eigenvalue weighted by molar-refractivity contribution is -0.126. The van der Waals surface area contributed by atoms with E-state index in [2.05, 4.69) is 16.0 Å². The van der Waals surface area contributed by atoms with Crippen LogP contribution in [0.4, 0.5) is 10.5 Å². The summed E-state index contributed by atoms with van der Waals surface area (Å²) in [6.07, 6.45) is 4.06. The van der Waals surface area contributed by atoms with E-state index >= 15 is 0 Å². The number of anilines is 1. The Kier molecular flexibility index (Phi) is 6.50. The molecular weight excluding hydrogens is 328 g/mol. The molecule has 142 valence electrons. The maximum absolute atomic E-state index is 12.5. The maximum Gasteiger partial charge on any atom is 0.321 e. The number of nitrogens with zero attached hydrogens (tertiary/aromatic N) is 1. The number of aryl methyl sites for hydroxylation is 1. The van der Waals surface area contributed by atoms with Gasteiger partial charge in [0.25, 0.3) is 0 Å². The zero-order chi connectivity index (χ0) is 18.4. The summed E-state index contributed by atoms with van der Waals surface area (Å²) >= 11 is 0. The Balaban J connectivity index is 1.48. The maximum atomic E-state index is 12.5. The second-order valence-corrected chi connectivity index (χ2v) is 7.54. The normalized spacial score (nSPS) is 23.3. The minimum Gasteiger partial charge on any atom is -0.355 e. The third-order valence-corrected chi connectivity index (χ3v) is 5.31. The van der Waals surface area contributed by atoms with Gasteiger partial charge in [0, 0.05) is 25.3 Å². The van der Waals surface area contributed by atoms with Crippen LogP contribution in [-0.2, 0) is 4.79 Å². The third-order valence-electron chi connectivity index (χ3n) is 5.31. The molecule has 6 heteroatoms. The summed E-state index contributed by atoms with van der Waals surface area (Å²) in [5, 5.41) is 9.42. The van der Waals surface area contributed by atoms with Crippen LogP contribution < -0.4 is 16.0 Å². The van der Waals surface area contributed by atoms with Gasteiger partial charge in [0.05, 0.1) is 5.92 Å². The molecule has 26 heavy (non-hydrogen) atoms. The fraction of sp³-hybridized carbons (Fsp3) is 0.600. The molecule has 0 bridgehead atoms. The van der Waals surface area contributed by atoms with Gasteiger partial charge in [-0.2, -0.15) is 0 Å². The monoisotopic (exact) mass is 358 g/mol. The Morgan fingerprint density at radius 3 is 2.92 bits per heavy atom. The van der Waals surface area contributed by atoms with Crippen LogP contribution in [0.25, 0.3) is 0 Å². The van der Waals surface area contributed by atoms with Gasteiger partial charge in [-0.05, 0) is 69.3 Å². The van der Waals surface area contributed by atoms with Crippen molar-refractivity contribution < 1.29 is 9.59 Å². The van der Waals surface area contributed by atoms with Crippen molar-refractivity contribution in [3.63, 3.8) is 0 Å². The number of nitrogens with one attached hydrogen (secondary N) is 3. The second-order valence-electron chi connectivity index (χ2n) is 7.54. The molecule has 2 fully saturated rings. The lowest BCUT2D eigenvalue weighted by Crippen LogP contribution is -2.48. The van der Waals surface area contributed by atoms with E-state index in [1.165, 1.54) is 12.8 Å². The first-order chi connectivity index (χ1) is 12.6. The average molecular weight is 358 g/mol. The zero-order valence-corrected chi connectivity index (χ0v) is 15.6. The van der Waals surface area contributed by atoms with E-state index in [1.54, 1.807) is 4.90 Å². The average Bonchev–Trinajstić information content (AvgIpc) is 2.67. The standard InChI is InChI=1S/C20H30N4O2/c1-15-5-2-8-18(11-15)23-20(26)24-10-4-7-17(14-24)19(25)22-13-16-6-3-9-21-12-16/h2,5,8,11,16-17,21H,3-4,6-7,9-10,12-14H2,1H3,(H,22,25)(H,23,26). The van der Waals surface area contributed by atoms with Gasteiger partial charge in [-0.1, -0.05) is 12.1 Å². The molecule has 2 aliphatic rings. The number of amides is 3. The Hall–Kier alpha value is -2.08. The van der Waals surface area contributed by atoms with Crippen LogP contribution in [0.15, 0.2) is 24.3 Å². The van der Waals surface area contributed by atoms with Gasteiger partial charge >= 0.3 is 6.03 Å². The minimum atomic E-state index is -0.121. The predicted octanol–water partition coefficient (Wildman–Crippen LogP) is 2.35. The van der Waals surface area contributed by atoms with Crippen LogP contribution in [0.2, 0.25) is 0 Å². The highest BCUT2D eigenvalue weighted by Gasteiger charge is 2.28. The molecule has 0 radical (unpaired) electrons. The smallest absolute Gasteiger partial charge is 0.321 e. The predicted molar refractivity (Wildman–Crippen MR) is 103 cm³/mol. The highest BCUT2D eigenvalue weighted by Crippen LogP contribution is 2.19. The van der Waals surface area contributed by atoms with Crippen molar-refractivity contribution in [3.05, 3.63) is 29.8 Å². The molecule has 2 saturated heterocycles. The van der Waals surface area contributed by atoms with E-state index in [4.69, 9.17) is 0 Å². The number of hydrogen-bond acceptors (Lipinski definition) is 3. The van der Waals surface area contributed by atoms with E-state index in [0.717, 1.165) is 43.7 Å². The van der Waals surface area contributed by atoms with Gasteiger partial charge in [-0.15, -0.1) is 0 Å². The van der Waals surface area contributed by atoms with Crippen molar-refractivity contribution in [2.24, 2.45) is 11.8 Å². The van der Waals surface area contributed by atoms with Gasteiger partial charge in [-0.25, -0.2) is 4.79 Å². The van der Waals surface area contributed by atoms with E-state index in [-0.39, 0.29) is 17.9 Å². The molecule has 3 rings (SSSR count). The lowest BCUT2D eigenvalue weighted by atomic mass is 9.96. The lowest BCUT2D eigenvalue weighted by Gasteiger charge is -2.32. The Bertz CT molecular complexity index is 628. The molecule has 0 aromatic heterocycles. The molecule has 2 aliphatic heterocycles. The van der Waals surface area contributed by atoms with Crippen molar-refractivity contribution in [3.8, 4) is 0 Å². The molecule has 0 aliphatic carbocycles. The van der Waals surface area contributed by atoms with Crippen LogP contribution in [0.1, 0.15) is 31.2 Å². The van der Waals surface area contributed by atoms with Gasteiger partial charge in [0.15, 0.2) is 0 Å². The molecule has 1 aromatic carbocycles. The number of carbonyl (C=O) groups excluding carboxylic acids is 2. The summed E-state index contributed by atoms with van der Waals surface area (Å²) in [4.78, 5) is 26.8. The van der Waals surface area contributed by atoms with Gasteiger partial charge < -0.3 is 20.9 Å². The second kappa shape index (κ2) is 9.03. The SMILES string of the molecule is Cc1cccc(NC(=O)N2CCCC(C(=O)NCC3CCCNC3)C2)c1. The summed E-state index contributed by atoms with van der Waals surface area (Å²) in [5.74, 6) is 0.504. The molecule has 3 N–H and O–H groups in total. The van der Waals surface area contributed by atoms with Gasteiger partial charge in [0.1, 0.15) is 0 Å². The number of carbonyl (C=O) groups is 2. The zero-order valence-electron chi connectivity index (χ0n) is 15.6. The molecule has 2 unspecified atom stereocenters. The number of likely N-dealkylation sites (tertiary alicyclic amines) is 1. The highest BCUT2D eigenvalue weighted by molar-refractivity contribution is 5.90. The molecule has 0 saturated carbocycles. The van der Waals surface area contributed by atoms with E-state index < -0.39 is 0 Å². The molecule has 2 heterocycles. The van der Waals surface area contributed by atoms with Crippen LogP contribution in [0.5, 0.6) is 0 Å². The van der Waals surface area contributed by atoms with Crippen LogP contribution in [0.3, 0.4) is 0 Å². The first-order valence-corrected chi connectivity index (χ1v) is 9.73. The first-order valence-electron chi connectivity index (χ1n) is 9.73. The highest BCUT2D eigenvalue weighted by atomic mass is 16.2.